The maximum atomic E-state index is 13.6. The fraction of sp³-hybridized carbons (Fsp3) is 0.429. The first-order valence-electron chi connectivity index (χ1n) is 6.39. The maximum Gasteiger partial charge on any atom is 0.256 e. The van der Waals surface area contributed by atoms with Crippen molar-refractivity contribution < 1.29 is 14.0 Å². The molecule has 1 saturated heterocycles. The summed E-state index contributed by atoms with van der Waals surface area (Å²) in [5.74, 6) is -0.924. The van der Waals surface area contributed by atoms with E-state index in [9.17, 15) is 14.0 Å². The van der Waals surface area contributed by atoms with Crippen molar-refractivity contribution >= 4 is 11.8 Å². The van der Waals surface area contributed by atoms with Crippen molar-refractivity contribution in [3.8, 4) is 0 Å². The average molecular weight is 264 g/mol. The van der Waals surface area contributed by atoms with Crippen LogP contribution in [0.2, 0.25) is 0 Å². The fourth-order valence-corrected chi connectivity index (χ4v) is 2.37. The van der Waals surface area contributed by atoms with Crippen LogP contribution in [-0.2, 0) is 4.79 Å². The quantitative estimate of drug-likeness (QED) is 0.881. The third-order valence-corrected chi connectivity index (χ3v) is 3.22. The van der Waals surface area contributed by atoms with Gasteiger partial charge in [0.05, 0.1) is 5.56 Å². The van der Waals surface area contributed by atoms with E-state index in [-0.39, 0.29) is 23.4 Å². The minimum Gasteiger partial charge on any atom is -0.352 e. The summed E-state index contributed by atoms with van der Waals surface area (Å²) < 4.78 is 13.6. The molecule has 0 aromatic heterocycles. The number of amides is 2. The summed E-state index contributed by atoms with van der Waals surface area (Å²) in [6.45, 7) is 2.49. The van der Waals surface area contributed by atoms with Crippen LogP contribution in [0, 0.1) is 5.82 Å². The van der Waals surface area contributed by atoms with E-state index >= 15 is 0 Å². The van der Waals surface area contributed by atoms with Crippen LogP contribution in [0.1, 0.15) is 30.1 Å². The molecule has 1 aromatic rings. The van der Waals surface area contributed by atoms with Crippen molar-refractivity contribution in [2.24, 2.45) is 0 Å². The van der Waals surface area contributed by atoms with E-state index < -0.39 is 5.82 Å². The SMILES string of the molecule is CC(=O)NC1CCCN(C(=O)c2ccccc2F)C1. The predicted octanol–water partition coefficient (Wildman–Crippen LogP) is 1.57. The van der Waals surface area contributed by atoms with Crippen LogP contribution in [0.25, 0.3) is 0 Å². The van der Waals surface area contributed by atoms with Crippen LogP contribution >= 0.6 is 0 Å². The molecule has 5 heteroatoms. The number of nitrogens with one attached hydrogen (secondary N) is 1. The van der Waals surface area contributed by atoms with Crippen LogP contribution in [0.3, 0.4) is 0 Å². The van der Waals surface area contributed by atoms with Gasteiger partial charge in [-0.1, -0.05) is 12.1 Å². The summed E-state index contributed by atoms with van der Waals surface area (Å²) in [4.78, 5) is 24.9. The third-order valence-electron chi connectivity index (χ3n) is 3.22. The lowest BCUT2D eigenvalue weighted by molar-refractivity contribution is -0.120. The van der Waals surface area contributed by atoms with Crippen molar-refractivity contribution in [3.05, 3.63) is 35.6 Å². The number of carbonyl (C=O) groups is 2. The Morgan fingerprint density at radius 1 is 1.37 bits per heavy atom. The summed E-state index contributed by atoms with van der Waals surface area (Å²) in [5.41, 5.74) is 0.0889. The molecule has 0 spiro atoms. The molecule has 1 atom stereocenters. The third kappa shape index (κ3) is 3.30. The highest BCUT2D eigenvalue weighted by Gasteiger charge is 2.26. The minimum absolute atomic E-state index is 0.0398. The zero-order valence-corrected chi connectivity index (χ0v) is 10.9. The van der Waals surface area contributed by atoms with Crippen molar-refractivity contribution in [1.82, 2.24) is 10.2 Å². The molecule has 1 aliphatic heterocycles. The Hall–Kier alpha value is -1.91. The smallest absolute Gasteiger partial charge is 0.256 e. The van der Waals surface area contributed by atoms with Gasteiger partial charge < -0.3 is 10.2 Å². The van der Waals surface area contributed by atoms with Gasteiger partial charge in [0.25, 0.3) is 5.91 Å². The van der Waals surface area contributed by atoms with Gasteiger partial charge in [0.1, 0.15) is 5.82 Å². The summed E-state index contributed by atoms with van der Waals surface area (Å²) in [6.07, 6.45) is 1.66. The van der Waals surface area contributed by atoms with E-state index in [0.717, 1.165) is 12.8 Å². The van der Waals surface area contributed by atoms with Crippen molar-refractivity contribution in [2.45, 2.75) is 25.8 Å². The standard InChI is InChI=1S/C14H17FN2O2/c1-10(18)16-11-5-4-8-17(9-11)14(19)12-6-2-3-7-13(12)15/h2-3,6-7,11H,4-5,8-9H2,1H3,(H,16,18). The molecule has 1 fully saturated rings. The number of piperidine rings is 1. The molecule has 1 heterocycles. The number of nitrogens with zero attached hydrogens (tertiary/aromatic N) is 1. The Balaban J connectivity index is 2.07. The minimum atomic E-state index is -0.505. The Morgan fingerprint density at radius 3 is 2.79 bits per heavy atom. The second-order valence-electron chi connectivity index (χ2n) is 4.77. The van der Waals surface area contributed by atoms with Crippen molar-refractivity contribution in [1.29, 1.82) is 0 Å². The molecule has 0 saturated carbocycles. The molecule has 1 N–H and O–H groups in total. The molecule has 1 aromatic carbocycles. The Morgan fingerprint density at radius 2 is 2.11 bits per heavy atom. The molecule has 19 heavy (non-hydrogen) atoms. The van der Waals surface area contributed by atoms with Crippen LogP contribution in [-0.4, -0.2) is 35.8 Å². The molecular formula is C14H17FN2O2. The van der Waals surface area contributed by atoms with E-state index in [1.807, 2.05) is 0 Å². The molecule has 1 unspecified atom stereocenters. The largest absolute Gasteiger partial charge is 0.352 e. The first kappa shape index (κ1) is 13.5. The first-order chi connectivity index (χ1) is 9.08. The number of rotatable bonds is 2. The summed E-state index contributed by atoms with van der Waals surface area (Å²) >= 11 is 0. The molecule has 0 aliphatic carbocycles. The lowest BCUT2D eigenvalue weighted by Gasteiger charge is -2.33. The van der Waals surface area contributed by atoms with E-state index in [2.05, 4.69) is 5.32 Å². The number of halogens is 1. The maximum absolute atomic E-state index is 13.6. The average Bonchev–Trinajstić information content (AvgIpc) is 2.38. The molecule has 2 rings (SSSR count). The van der Waals surface area contributed by atoms with Gasteiger partial charge in [-0.2, -0.15) is 0 Å². The monoisotopic (exact) mass is 264 g/mol. The molecule has 1 aliphatic rings. The van der Waals surface area contributed by atoms with E-state index in [1.54, 1.807) is 17.0 Å². The van der Waals surface area contributed by atoms with E-state index in [0.29, 0.717) is 13.1 Å². The molecular weight excluding hydrogens is 247 g/mol. The molecule has 4 nitrogen and oxygen atoms in total. The zero-order valence-electron chi connectivity index (χ0n) is 10.9. The second-order valence-corrected chi connectivity index (χ2v) is 4.77. The van der Waals surface area contributed by atoms with Crippen molar-refractivity contribution in [3.63, 3.8) is 0 Å². The first-order valence-corrected chi connectivity index (χ1v) is 6.39. The van der Waals surface area contributed by atoms with Crippen molar-refractivity contribution in [2.75, 3.05) is 13.1 Å². The van der Waals surface area contributed by atoms with Gasteiger partial charge in [-0.05, 0) is 25.0 Å². The van der Waals surface area contributed by atoms with E-state index in [4.69, 9.17) is 0 Å². The Labute approximate surface area is 111 Å². The second kappa shape index (κ2) is 5.82. The fourth-order valence-electron chi connectivity index (χ4n) is 2.37. The highest BCUT2D eigenvalue weighted by molar-refractivity contribution is 5.94. The highest BCUT2D eigenvalue weighted by atomic mass is 19.1. The number of benzene rings is 1. The van der Waals surface area contributed by atoms with Crippen LogP contribution in [0.5, 0.6) is 0 Å². The molecule has 0 bridgehead atoms. The summed E-state index contributed by atoms with van der Waals surface area (Å²) in [5, 5.41) is 2.81. The molecule has 102 valence electrons. The topological polar surface area (TPSA) is 49.4 Å². The number of likely N-dealkylation sites (tertiary alicyclic amines) is 1. The lowest BCUT2D eigenvalue weighted by Crippen LogP contribution is -2.49. The summed E-state index contributed by atoms with van der Waals surface area (Å²) in [6, 6.07) is 5.93. The molecule has 0 radical (unpaired) electrons. The van der Waals surface area contributed by atoms with Gasteiger partial charge in [0.15, 0.2) is 0 Å². The zero-order chi connectivity index (χ0) is 13.8. The van der Waals surface area contributed by atoms with Crippen LogP contribution < -0.4 is 5.32 Å². The Kier molecular flexibility index (Phi) is 4.14. The van der Waals surface area contributed by atoms with Gasteiger partial charge in [-0.3, -0.25) is 9.59 Å². The number of carbonyl (C=O) groups excluding carboxylic acids is 2. The van der Waals surface area contributed by atoms with Gasteiger partial charge in [-0.25, -0.2) is 4.39 Å². The van der Waals surface area contributed by atoms with Gasteiger partial charge in [-0.15, -0.1) is 0 Å². The molecule has 2 amide bonds. The van der Waals surface area contributed by atoms with E-state index in [1.165, 1.54) is 19.1 Å². The predicted molar refractivity (Wildman–Crippen MR) is 69.1 cm³/mol. The van der Waals surface area contributed by atoms with Crippen LogP contribution in [0.15, 0.2) is 24.3 Å². The van der Waals surface area contributed by atoms with Gasteiger partial charge in [0, 0.05) is 26.1 Å². The lowest BCUT2D eigenvalue weighted by atomic mass is 10.0. The number of hydrogen-bond donors (Lipinski definition) is 1. The normalized spacial score (nSPS) is 19.1. The highest BCUT2D eigenvalue weighted by Crippen LogP contribution is 2.15. The Bertz CT molecular complexity index is 490. The number of hydrogen-bond acceptors (Lipinski definition) is 2. The van der Waals surface area contributed by atoms with Crippen LogP contribution in [0.4, 0.5) is 4.39 Å². The van der Waals surface area contributed by atoms with Gasteiger partial charge >= 0.3 is 0 Å². The summed E-state index contributed by atoms with van der Waals surface area (Å²) in [7, 11) is 0. The van der Waals surface area contributed by atoms with Gasteiger partial charge in [0.2, 0.25) is 5.91 Å².